The van der Waals surface area contributed by atoms with E-state index in [0.717, 1.165) is 26.2 Å². The number of nitrogens with zero attached hydrogens (tertiary/aromatic N) is 2. The van der Waals surface area contributed by atoms with E-state index in [1.807, 2.05) is 4.90 Å². The molecule has 0 radical (unpaired) electrons. The molecule has 0 unspecified atom stereocenters. The molecule has 2 rings (SSSR count). The summed E-state index contributed by atoms with van der Waals surface area (Å²) in [5.41, 5.74) is 9.27. The molecule has 1 aliphatic rings. The first kappa shape index (κ1) is 13.9. The van der Waals surface area contributed by atoms with Gasteiger partial charge in [0.15, 0.2) is 0 Å². The first-order valence-corrected chi connectivity index (χ1v) is 6.91. The van der Waals surface area contributed by atoms with E-state index >= 15 is 0 Å². The molecule has 0 atom stereocenters. The summed E-state index contributed by atoms with van der Waals surface area (Å²) in [4.78, 5) is 16.1. The van der Waals surface area contributed by atoms with Gasteiger partial charge in [-0.1, -0.05) is 6.07 Å². The molecule has 1 fully saturated rings. The zero-order chi connectivity index (χ0) is 13.8. The number of anilines is 1. The summed E-state index contributed by atoms with van der Waals surface area (Å²) in [5.74, 6) is 0.183. The Labute approximate surface area is 115 Å². The molecule has 1 aromatic carbocycles. The first-order chi connectivity index (χ1) is 9.10. The van der Waals surface area contributed by atoms with Crippen LogP contribution >= 0.6 is 0 Å². The molecule has 1 amide bonds. The molecule has 2 N–H and O–H groups in total. The van der Waals surface area contributed by atoms with Crippen LogP contribution in [0, 0.1) is 13.8 Å². The fourth-order valence-corrected chi connectivity index (χ4v) is 2.63. The lowest BCUT2D eigenvalue weighted by molar-refractivity contribution is -0.131. The van der Waals surface area contributed by atoms with E-state index in [0.29, 0.717) is 13.0 Å². The molecular formula is C15H23N3O. The van der Waals surface area contributed by atoms with E-state index in [1.54, 1.807) is 0 Å². The van der Waals surface area contributed by atoms with Gasteiger partial charge in [0.25, 0.3) is 0 Å². The summed E-state index contributed by atoms with van der Waals surface area (Å²) < 4.78 is 0. The van der Waals surface area contributed by atoms with E-state index in [9.17, 15) is 4.79 Å². The predicted octanol–water partition coefficient (Wildman–Crippen LogP) is 1.30. The van der Waals surface area contributed by atoms with Crippen molar-refractivity contribution in [3.8, 4) is 0 Å². The molecule has 0 aliphatic carbocycles. The minimum atomic E-state index is 0.183. The molecule has 0 aromatic heterocycles. The van der Waals surface area contributed by atoms with E-state index < -0.39 is 0 Å². The molecule has 4 nitrogen and oxygen atoms in total. The van der Waals surface area contributed by atoms with Crippen molar-refractivity contribution in [2.75, 3.05) is 37.6 Å². The summed E-state index contributed by atoms with van der Waals surface area (Å²) in [6.07, 6.45) is 0.462. The number of amides is 1. The second kappa shape index (κ2) is 6.06. The van der Waals surface area contributed by atoms with E-state index in [4.69, 9.17) is 5.73 Å². The first-order valence-electron chi connectivity index (χ1n) is 6.91. The number of piperazine rings is 1. The third-order valence-electron chi connectivity index (χ3n) is 3.56. The molecular weight excluding hydrogens is 238 g/mol. The standard InChI is InChI=1S/C15H23N3O/c1-12-9-13(2)11-14(10-12)17-5-7-18(8-6-17)15(19)3-4-16/h9-11H,3-8,16H2,1-2H3. The summed E-state index contributed by atoms with van der Waals surface area (Å²) in [7, 11) is 0. The smallest absolute Gasteiger partial charge is 0.223 e. The fourth-order valence-electron chi connectivity index (χ4n) is 2.63. The van der Waals surface area contributed by atoms with Gasteiger partial charge in [-0.2, -0.15) is 0 Å². The summed E-state index contributed by atoms with van der Waals surface area (Å²) in [6, 6.07) is 6.61. The minimum absolute atomic E-state index is 0.183. The monoisotopic (exact) mass is 261 g/mol. The number of aryl methyl sites for hydroxylation is 2. The van der Waals surface area contributed by atoms with Crippen molar-refractivity contribution in [3.63, 3.8) is 0 Å². The van der Waals surface area contributed by atoms with Gasteiger partial charge in [-0.05, 0) is 37.1 Å². The van der Waals surface area contributed by atoms with E-state index in [2.05, 4.69) is 36.9 Å². The molecule has 19 heavy (non-hydrogen) atoms. The van der Waals surface area contributed by atoms with Crippen LogP contribution in [0.25, 0.3) is 0 Å². The number of rotatable bonds is 3. The van der Waals surface area contributed by atoms with Crippen molar-refractivity contribution >= 4 is 11.6 Å². The molecule has 104 valence electrons. The second-order valence-electron chi connectivity index (χ2n) is 5.25. The van der Waals surface area contributed by atoms with Gasteiger partial charge in [0.1, 0.15) is 0 Å². The van der Waals surface area contributed by atoms with Crippen molar-refractivity contribution < 1.29 is 4.79 Å². The number of carbonyl (C=O) groups excluding carboxylic acids is 1. The van der Waals surface area contributed by atoms with Crippen LogP contribution < -0.4 is 10.6 Å². The highest BCUT2D eigenvalue weighted by atomic mass is 16.2. The topological polar surface area (TPSA) is 49.6 Å². The largest absolute Gasteiger partial charge is 0.368 e. The molecule has 0 spiro atoms. The average Bonchev–Trinajstić information content (AvgIpc) is 2.38. The SMILES string of the molecule is Cc1cc(C)cc(N2CCN(C(=O)CCN)CC2)c1. The Morgan fingerprint density at radius 3 is 2.21 bits per heavy atom. The van der Waals surface area contributed by atoms with Gasteiger partial charge in [-0.25, -0.2) is 0 Å². The lowest BCUT2D eigenvalue weighted by Crippen LogP contribution is -2.49. The van der Waals surface area contributed by atoms with Crippen LogP contribution in [-0.4, -0.2) is 43.5 Å². The van der Waals surface area contributed by atoms with Crippen molar-refractivity contribution in [1.82, 2.24) is 4.90 Å². The Bertz CT molecular complexity index is 430. The highest BCUT2D eigenvalue weighted by Crippen LogP contribution is 2.20. The lowest BCUT2D eigenvalue weighted by Gasteiger charge is -2.36. The quantitative estimate of drug-likeness (QED) is 0.892. The van der Waals surface area contributed by atoms with Crippen LogP contribution in [-0.2, 0) is 4.79 Å². The van der Waals surface area contributed by atoms with Gasteiger partial charge < -0.3 is 15.5 Å². The third-order valence-corrected chi connectivity index (χ3v) is 3.56. The van der Waals surface area contributed by atoms with Crippen LogP contribution in [0.5, 0.6) is 0 Å². The van der Waals surface area contributed by atoms with Crippen molar-refractivity contribution in [1.29, 1.82) is 0 Å². The fraction of sp³-hybridized carbons (Fsp3) is 0.533. The molecule has 1 aromatic rings. The summed E-state index contributed by atoms with van der Waals surface area (Å²) in [6.45, 7) is 8.08. The normalized spacial score (nSPS) is 15.7. The van der Waals surface area contributed by atoms with Crippen LogP contribution in [0.1, 0.15) is 17.5 Å². The number of hydrogen-bond donors (Lipinski definition) is 1. The molecule has 0 saturated carbocycles. The van der Waals surface area contributed by atoms with Crippen molar-refractivity contribution in [2.24, 2.45) is 5.73 Å². The second-order valence-corrected chi connectivity index (χ2v) is 5.25. The Morgan fingerprint density at radius 1 is 1.11 bits per heavy atom. The van der Waals surface area contributed by atoms with E-state index in [1.165, 1.54) is 16.8 Å². The van der Waals surface area contributed by atoms with Gasteiger partial charge in [0, 0.05) is 44.8 Å². The molecule has 0 bridgehead atoms. The highest BCUT2D eigenvalue weighted by molar-refractivity contribution is 5.76. The van der Waals surface area contributed by atoms with Gasteiger partial charge in [0.2, 0.25) is 5.91 Å². The zero-order valence-corrected chi connectivity index (χ0v) is 11.9. The summed E-state index contributed by atoms with van der Waals surface area (Å²) >= 11 is 0. The van der Waals surface area contributed by atoms with Crippen LogP contribution in [0.2, 0.25) is 0 Å². The number of carbonyl (C=O) groups is 1. The Balaban J connectivity index is 1.97. The number of benzene rings is 1. The van der Waals surface area contributed by atoms with Gasteiger partial charge in [-0.3, -0.25) is 4.79 Å². The zero-order valence-electron chi connectivity index (χ0n) is 11.9. The third kappa shape index (κ3) is 3.47. The molecule has 1 aliphatic heterocycles. The number of nitrogens with two attached hydrogens (primary N) is 1. The predicted molar refractivity (Wildman–Crippen MR) is 78.4 cm³/mol. The van der Waals surface area contributed by atoms with Crippen LogP contribution in [0.3, 0.4) is 0 Å². The van der Waals surface area contributed by atoms with Gasteiger partial charge in [-0.15, -0.1) is 0 Å². The molecule has 4 heteroatoms. The van der Waals surface area contributed by atoms with Crippen molar-refractivity contribution in [2.45, 2.75) is 20.3 Å². The maximum absolute atomic E-state index is 11.8. The van der Waals surface area contributed by atoms with Crippen LogP contribution in [0.15, 0.2) is 18.2 Å². The maximum atomic E-state index is 11.8. The molecule has 1 saturated heterocycles. The van der Waals surface area contributed by atoms with Crippen molar-refractivity contribution in [3.05, 3.63) is 29.3 Å². The van der Waals surface area contributed by atoms with Crippen LogP contribution in [0.4, 0.5) is 5.69 Å². The maximum Gasteiger partial charge on any atom is 0.223 e. The number of hydrogen-bond acceptors (Lipinski definition) is 3. The molecule has 1 heterocycles. The Kier molecular flexibility index (Phi) is 4.43. The Morgan fingerprint density at radius 2 is 1.68 bits per heavy atom. The van der Waals surface area contributed by atoms with E-state index in [-0.39, 0.29) is 5.91 Å². The lowest BCUT2D eigenvalue weighted by atomic mass is 10.1. The van der Waals surface area contributed by atoms with Gasteiger partial charge >= 0.3 is 0 Å². The highest BCUT2D eigenvalue weighted by Gasteiger charge is 2.20. The summed E-state index contributed by atoms with van der Waals surface area (Å²) in [5, 5.41) is 0. The average molecular weight is 261 g/mol. The van der Waals surface area contributed by atoms with Gasteiger partial charge in [0.05, 0.1) is 0 Å². The minimum Gasteiger partial charge on any atom is -0.368 e. The Hall–Kier alpha value is -1.55.